The molecule has 1 fully saturated rings. The lowest BCUT2D eigenvalue weighted by atomic mass is 9.95. The zero-order chi connectivity index (χ0) is 16.5. The lowest BCUT2D eigenvalue weighted by Crippen LogP contribution is -2.47. The van der Waals surface area contributed by atoms with Crippen LogP contribution in [0.3, 0.4) is 0 Å². The van der Waals surface area contributed by atoms with Gasteiger partial charge in [-0.2, -0.15) is 0 Å². The van der Waals surface area contributed by atoms with Crippen molar-refractivity contribution in [3.05, 3.63) is 59.2 Å². The Morgan fingerprint density at radius 1 is 1.00 bits per heavy atom. The number of rotatable bonds is 2. The molecule has 2 heterocycles. The smallest absolute Gasteiger partial charge is 0.132 e. The van der Waals surface area contributed by atoms with Crippen LogP contribution in [0.25, 0.3) is 0 Å². The minimum atomic E-state index is 0.405. The van der Waals surface area contributed by atoms with Crippen LogP contribution in [0.5, 0.6) is 11.5 Å². The van der Waals surface area contributed by atoms with Gasteiger partial charge in [-0.15, -0.1) is 0 Å². The highest BCUT2D eigenvalue weighted by atomic mass is 16.5. The zero-order valence-electron chi connectivity index (χ0n) is 14.7. The van der Waals surface area contributed by atoms with Gasteiger partial charge >= 0.3 is 0 Å². The number of likely N-dealkylation sites (N-methyl/N-ethyl adjacent to an activating group) is 1. The molecular weight excluding hydrogens is 296 g/mol. The number of hydrogen-bond acceptors (Lipinski definition) is 3. The van der Waals surface area contributed by atoms with Gasteiger partial charge in [-0.25, -0.2) is 0 Å². The van der Waals surface area contributed by atoms with Gasteiger partial charge in [0.15, 0.2) is 0 Å². The summed E-state index contributed by atoms with van der Waals surface area (Å²) in [4.78, 5) is 5.19. The fraction of sp³-hybridized carbons (Fsp3) is 0.429. The third-order valence-electron chi connectivity index (χ3n) is 5.42. The molecule has 2 aromatic carbocycles. The summed E-state index contributed by atoms with van der Waals surface area (Å²) in [7, 11) is 0. The first-order chi connectivity index (χ1) is 11.7. The van der Waals surface area contributed by atoms with E-state index in [0.717, 1.165) is 50.6 Å². The normalized spacial score (nSPS) is 21.5. The maximum atomic E-state index is 6.28. The van der Waals surface area contributed by atoms with Crippen LogP contribution in [0.1, 0.15) is 29.7 Å². The van der Waals surface area contributed by atoms with Crippen molar-refractivity contribution in [2.24, 2.45) is 0 Å². The van der Waals surface area contributed by atoms with Crippen LogP contribution < -0.4 is 4.74 Å². The van der Waals surface area contributed by atoms with Crippen molar-refractivity contribution in [1.29, 1.82) is 0 Å². The Morgan fingerprint density at radius 2 is 1.79 bits per heavy atom. The molecule has 0 spiro atoms. The number of benzene rings is 2. The van der Waals surface area contributed by atoms with Gasteiger partial charge in [0.2, 0.25) is 0 Å². The molecule has 4 rings (SSSR count). The van der Waals surface area contributed by atoms with Crippen molar-refractivity contribution in [3.63, 3.8) is 0 Å². The van der Waals surface area contributed by atoms with E-state index < -0.39 is 0 Å². The molecular formula is C21H26N2O. The van der Waals surface area contributed by atoms with E-state index >= 15 is 0 Å². The van der Waals surface area contributed by atoms with E-state index in [9.17, 15) is 0 Å². The number of para-hydroxylation sites is 1. The number of fused-ring (bicyclic) bond motifs is 2. The minimum Gasteiger partial charge on any atom is -0.457 e. The largest absolute Gasteiger partial charge is 0.457 e. The van der Waals surface area contributed by atoms with Crippen molar-refractivity contribution in [1.82, 2.24) is 9.80 Å². The molecule has 0 saturated carbocycles. The number of nitrogens with zero attached hydrogens (tertiary/aromatic N) is 2. The second-order valence-electron chi connectivity index (χ2n) is 6.94. The quantitative estimate of drug-likeness (QED) is 0.830. The fourth-order valence-corrected chi connectivity index (χ4v) is 3.95. The van der Waals surface area contributed by atoms with E-state index in [1.165, 1.54) is 16.7 Å². The molecule has 1 saturated heterocycles. The number of piperazine rings is 1. The Hall–Kier alpha value is -1.84. The topological polar surface area (TPSA) is 15.7 Å². The Morgan fingerprint density at radius 3 is 2.58 bits per heavy atom. The highest BCUT2D eigenvalue weighted by Crippen LogP contribution is 2.41. The van der Waals surface area contributed by atoms with Crippen molar-refractivity contribution >= 4 is 0 Å². The standard InChI is InChI=1S/C21H26N2O/c1-3-22-10-12-23(13-11-22)19-15-17-6-4-5-7-20(17)24-21-9-8-16(2)14-18(19)21/h4-9,14,19H,3,10-13,15H2,1-2H3. The first kappa shape index (κ1) is 15.7. The Bertz CT molecular complexity index is 720. The number of hydrogen-bond donors (Lipinski definition) is 0. The van der Waals surface area contributed by atoms with Crippen LogP contribution in [-0.4, -0.2) is 42.5 Å². The molecule has 126 valence electrons. The summed E-state index contributed by atoms with van der Waals surface area (Å²) in [5.41, 5.74) is 3.96. The second-order valence-corrected chi connectivity index (χ2v) is 6.94. The summed E-state index contributed by atoms with van der Waals surface area (Å²) in [6.07, 6.45) is 1.03. The van der Waals surface area contributed by atoms with Crippen LogP contribution in [-0.2, 0) is 6.42 Å². The predicted octanol–water partition coefficient (Wildman–Crippen LogP) is 4.02. The maximum Gasteiger partial charge on any atom is 0.132 e. The van der Waals surface area contributed by atoms with Crippen LogP contribution in [0.15, 0.2) is 42.5 Å². The summed E-state index contributed by atoms with van der Waals surface area (Å²) in [5.74, 6) is 2.03. The van der Waals surface area contributed by atoms with Gasteiger partial charge < -0.3 is 9.64 Å². The summed E-state index contributed by atoms with van der Waals surface area (Å²) < 4.78 is 6.28. The first-order valence-corrected chi connectivity index (χ1v) is 9.07. The van der Waals surface area contributed by atoms with Gasteiger partial charge in [-0.3, -0.25) is 4.90 Å². The van der Waals surface area contributed by atoms with E-state index in [1.54, 1.807) is 0 Å². The van der Waals surface area contributed by atoms with E-state index in [0.29, 0.717) is 6.04 Å². The lowest BCUT2D eigenvalue weighted by Gasteiger charge is -2.39. The number of ether oxygens (including phenoxy) is 1. The highest BCUT2D eigenvalue weighted by Gasteiger charge is 2.30. The fourth-order valence-electron chi connectivity index (χ4n) is 3.95. The van der Waals surface area contributed by atoms with Crippen molar-refractivity contribution in [2.75, 3.05) is 32.7 Å². The molecule has 3 nitrogen and oxygen atoms in total. The SMILES string of the molecule is CCN1CCN(C2Cc3ccccc3Oc3ccc(C)cc32)CC1. The minimum absolute atomic E-state index is 0.405. The van der Waals surface area contributed by atoms with Gasteiger partial charge in [0, 0.05) is 37.8 Å². The van der Waals surface area contributed by atoms with Crippen LogP contribution in [0.4, 0.5) is 0 Å². The van der Waals surface area contributed by atoms with Gasteiger partial charge in [0.25, 0.3) is 0 Å². The van der Waals surface area contributed by atoms with Crippen molar-refractivity contribution in [3.8, 4) is 11.5 Å². The van der Waals surface area contributed by atoms with E-state index in [4.69, 9.17) is 4.74 Å². The molecule has 0 N–H and O–H groups in total. The monoisotopic (exact) mass is 322 g/mol. The van der Waals surface area contributed by atoms with Gasteiger partial charge in [0.1, 0.15) is 11.5 Å². The summed E-state index contributed by atoms with van der Waals surface area (Å²) in [6.45, 7) is 10.2. The average molecular weight is 322 g/mol. The third kappa shape index (κ3) is 2.94. The van der Waals surface area contributed by atoms with Gasteiger partial charge in [-0.05, 0) is 37.6 Å². The Labute approximate surface area is 144 Å². The van der Waals surface area contributed by atoms with E-state index in [1.807, 2.05) is 0 Å². The lowest BCUT2D eigenvalue weighted by molar-refractivity contribution is 0.0988. The molecule has 2 aromatic rings. The summed E-state index contributed by atoms with van der Waals surface area (Å²) in [5, 5.41) is 0. The molecule has 0 bridgehead atoms. The molecule has 0 aromatic heterocycles. The maximum absolute atomic E-state index is 6.28. The van der Waals surface area contributed by atoms with Crippen molar-refractivity contribution in [2.45, 2.75) is 26.3 Å². The Kier molecular flexibility index (Phi) is 4.30. The summed E-state index contributed by atoms with van der Waals surface area (Å²) in [6, 6.07) is 15.5. The van der Waals surface area contributed by atoms with E-state index in [2.05, 4.69) is 66.1 Å². The van der Waals surface area contributed by atoms with Crippen LogP contribution in [0, 0.1) is 6.92 Å². The molecule has 0 radical (unpaired) electrons. The van der Waals surface area contributed by atoms with Crippen LogP contribution in [0.2, 0.25) is 0 Å². The predicted molar refractivity (Wildman–Crippen MR) is 97.8 cm³/mol. The van der Waals surface area contributed by atoms with Gasteiger partial charge in [0.05, 0.1) is 0 Å². The molecule has 24 heavy (non-hydrogen) atoms. The molecule has 3 heteroatoms. The van der Waals surface area contributed by atoms with Crippen molar-refractivity contribution < 1.29 is 4.74 Å². The highest BCUT2D eigenvalue weighted by molar-refractivity contribution is 5.48. The molecule has 0 amide bonds. The zero-order valence-corrected chi connectivity index (χ0v) is 14.7. The molecule has 2 aliphatic heterocycles. The first-order valence-electron chi connectivity index (χ1n) is 9.07. The molecule has 2 aliphatic rings. The van der Waals surface area contributed by atoms with Gasteiger partial charge in [-0.1, -0.05) is 42.8 Å². The second kappa shape index (κ2) is 6.58. The van der Waals surface area contributed by atoms with E-state index in [-0.39, 0.29) is 0 Å². The molecule has 0 aliphatic carbocycles. The Balaban J connectivity index is 1.71. The summed E-state index contributed by atoms with van der Waals surface area (Å²) >= 11 is 0. The molecule has 1 atom stereocenters. The molecule has 1 unspecified atom stereocenters. The number of aryl methyl sites for hydroxylation is 1. The third-order valence-corrected chi connectivity index (χ3v) is 5.42. The average Bonchev–Trinajstić information content (AvgIpc) is 2.78. The van der Waals surface area contributed by atoms with Crippen LogP contribution >= 0.6 is 0 Å².